The second-order valence-corrected chi connectivity index (χ2v) is 1.53. The van der Waals surface area contributed by atoms with E-state index in [0.29, 0.717) is 5.22 Å². The average Bonchev–Trinajstić information content (AvgIpc) is 2.20. The van der Waals surface area contributed by atoms with Gasteiger partial charge in [-0.3, -0.25) is 0 Å². The zero-order valence-electron chi connectivity index (χ0n) is 5.00. The Morgan fingerprint density at radius 2 is 2.33 bits per heavy atom. The van der Waals surface area contributed by atoms with Crippen LogP contribution in [0.2, 0.25) is 5.22 Å². The molecule has 2 nitrogen and oxygen atoms in total. The van der Waals surface area contributed by atoms with E-state index in [4.69, 9.17) is 16.4 Å². The Bertz CT molecular complexity index is 146. The fourth-order valence-corrected chi connectivity index (χ4v) is 0.383. The number of carbonyl (C=O) groups is 1. The third-order valence-electron chi connectivity index (χ3n) is 0.486. The molecule has 1 aromatic rings. The molecule has 0 unspecified atom stereocenters. The topological polar surface area (TPSA) is 30.2 Å². The predicted molar refractivity (Wildman–Crippen MR) is 35.5 cm³/mol. The van der Waals surface area contributed by atoms with Crippen LogP contribution in [0.5, 0.6) is 0 Å². The first kappa shape index (κ1) is 8.24. The number of hydrogen-bond donors (Lipinski definition) is 0. The smallest absolute Gasteiger partial charge is 0.192 e. The fraction of sp³-hybridized carbons (Fsp3) is 0.167. The second kappa shape index (κ2) is 5.38. The number of furan rings is 1. The summed E-state index contributed by atoms with van der Waals surface area (Å²) in [5.74, 6) is 0. The number of hydrogen-bond acceptors (Lipinski definition) is 2. The first-order valence-corrected chi connectivity index (χ1v) is 2.78. The maximum Gasteiger partial charge on any atom is 0.192 e. The molecule has 9 heavy (non-hydrogen) atoms. The van der Waals surface area contributed by atoms with Crippen LogP contribution in [0, 0.1) is 0 Å². The van der Waals surface area contributed by atoms with Crippen LogP contribution < -0.4 is 0 Å². The molecule has 0 saturated carbocycles. The normalized spacial score (nSPS) is 7.33. The van der Waals surface area contributed by atoms with E-state index in [2.05, 4.69) is 4.42 Å². The predicted octanol–water partition coefficient (Wildman–Crippen LogP) is 2.14. The molecule has 1 rings (SSSR count). The highest BCUT2D eigenvalue weighted by Gasteiger charge is 1.79. The van der Waals surface area contributed by atoms with Crippen LogP contribution in [0.25, 0.3) is 0 Å². The van der Waals surface area contributed by atoms with Crippen molar-refractivity contribution in [2.75, 3.05) is 0 Å². The van der Waals surface area contributed by atoms with Crippen LogP contribution in [-0.4, -0.2) is 6.29 Å². The van der Waals surface area contributed by atoms with E-state index in [9.17, 15) is 0 Å². The maximum absolute atomic E-state index is 8.81. The number of aldehydes is 1. The summed E-state index contributed by atoms with van der Waals surface area (Å²) in [5, 5.41) is 0.440. The summed E-state index contributed by atoms with van der Waals surface area (Å²) in [4.78, 5) is 8.81. The fourth-order valence-electron chi connectivity index (χ4n) is 0.259. The van der Waals surface area contributed by atoms with Crippen LogP contribution in [0.15, 0.2) is 22.8 Å². The van der Waals surface area contributed by atoms with Crippen molar-refractivity contribution in [1.29, 1.82) is 0 Å². The molecule has 1 aromatic heterocycles. The Morgan fingerprint density at radius 3 is 2.44 bits per heavy atom. The monoisotopic (exact) mass is 146 g/mol. The summed E-state index contributed by atoms with van der Waals surface area (Å²) < 4.78 is 4.60. The zero-order valence-corrected chi connectivity index (χ0v) is 5.76. The molecule has 0 bridgehead atoms. The van der Waals surface area contributed by atoms with E-state index in [0.717, 1.165) is 6.29 Å². The lowest BCUT2D eigenvalue weighted by molar-refractivity contribution is -0.106. The Balaban J connectivity index is 0.000000187. The largest absolute Gasteiger partial charge is 0.453 e. The highest BCUT2D eigenvalue weighted by Crippen LogP contribution is 2.04. The van der Waals surface area contributed by atoms with Gasteiger partial charge >= 0.3 is 0 Å². The molecular formula is C6H7ClO2. The van der Waals surface area contributed by atoms with Gasteiger partial charge in [0.2, 0.25) is 0 Å². The first-order chi connectivity index (χ1) is 4.31. The summed E-state index contributed by atoms with van der Waals surface area (Å²) >= 11 is 5.29. The average molecular weight is 147 g/mol. The van der Waals surface area contributed by atoms with Crippen molar-refractivity contribution in [2.24, 2.45) is 0 Å². The molecule has 0 N–H and O–H groups in total. The lowest BCUT2D eigenvalue weighted by Gasteiger charge is -1.65. The molecule has 50 valence electrons. The molecule has 0 atom stereocenters. The van der Waals surface area contributed by atoms with Gasteiger partial charge in [-0.2, -0.15) is 0 Å². The molecule has 0 spiro atoms. The van der Waals surface area contributed by atoms with Crippen molar-refractivity contribution >= 4 is 17.9 Å². The van der Waals surface area contributed by atoms with Crippen molar-refractivity contribution in [3.63, 3.8) is 0 Å². The summed E-state index contributed by atoms with van der Waals surface area (Å²) in [7, 11) is 0. The van der Waals surface area contributed by atoms with Gasteiger partial charge in [-0.1, -0.05) is 0 Å². The van der Waals surface area contributed by atoms with Gasteiger partial charge in [-0.25, -0.2) is 0 Å². The minimum absolute atomic E-state index is 0.440. The van der Waals surface area contributed by atoms with E-state index in [1.54, 1.807) is 12.1 Å². The highest BCUT2D eigenvalue weighted by atomic mass is 35.5. The molecule has 0 amide bonds. The molecule has 0 aromatic carbocycles. The molecule has 0 saturated heterocycles. The summed E-state index contributed by atoms with van der Waals surface area (Å²) in [6, 6.07) is 3.42. The first-order valence-electron chi connectivity index (χ1n) is 2.40. The molecule has 0 radical (unpaired) electrons. The summed E-state index contributed by atoms with van der Waals surface area (Å²) in [6.45, 7) is 1.44. The lowest BCUT2D eigenvalue weighted by Crippen LogP contribution is -1.36. The lowest BCUT2D eigenvalue weighted by atomic mass is 10.7. The second-order valence-electron chi connectivity index (χ2n) is 1.15. The Morgan fingerprint density at radius 1 is 1.78 bits per heavy atom. The van der Waals surface area contributed by atoms with Crippen LogP contribution in [0.4, 0.5) is 0 Å². The number of rotatable bonds is 0. The van der Waals surface area contributed by atoms with Crippen LogP contribution in [0.3, 0.4) is 0 Å². The minimum Gasteiger partial charge on any atom is -0.453 e. The number of carbonyl (C=O) groups excluding carboxylic acids is 1. The quantitative estimate of drug-likeness (QED) is 0.525. The Labute approximate surface area is 58.4 Å². The number of halogens is 1. The van der Waals surface area contributed by atoms with Gasteiger partial charge < -0.3 is 9.21 Å². The molecule has 0 aliphatic heterocycles. The third kappa shape index (κ3) is 5.11. The highest BCUT2D eigenvalue weighted by molar-refractivity contribution is 6.28. The third-order valence-corrected chi connectivity index (χ3v) is 0.702. The van der Waals surface area contributed by atoms with Gasteiger partial charge in [0.15, 0.2) is 5.22 Å². The van der Waals surface area contributed by atoms with E-state index in [1.165, 1.54) is 13.2 Å². The van der Waals surface area contributed by atoms with Crippen molar-refractivity contribution in [3.8, 4) is 0 Å². The van der Waals surface area contributed by atoms with Crippen molar-refractivity contribution < 1.29 is 9.21 Å². The van der Waals surface area contributed by atoms with Crippen molar-refractivity contribution in [3.05, 3.63) is 23.6 Å². The molecule has 0 fully saturated rings. The van der Waals surface area contributed by atoms with Crippen LogP contribution >= 0.6 is 11.6 Å². The molecule has 1 heterocycles. The van der Waals surface area contributed by atoms with Gasteiger partial charge in [0.25, 0.3) is 0 Å². The molecule has 0 aliphatic rings. The van der Waals surface area contributed by atoms with Gasteiger partial charge in [-0.05, 0) is 30.7 Å². The molecule has 0 aliphatic carbocycles. The molecule has 3 heteroatoms. The van der Waals surface area contributed by atoms with Gasteiger partial charge in [-0.15, -0.1) is 0 Å². The molecular weight excluding hydrogens is 140 g/mol. The van der Waals surface area contributed by atoms with E-state index in [1.807, 2.05) is 0 Å². The zero-order chi connectivity index (χ0) is 7.11. The minimum atomic E-state index is 0.440. The van der Waals surface area contributed by atoms with E-state index in [-0.39, 0.29) is 0 Å². The van der Waals surface area contributed by atoms with Gasteiger partial charge in [0.1, 0.15) is 6.29 Å². The van der Waals surface area contributed by atoms with Crippen LogP contribution in [0.1, 0.15) is 6.92 Å². The van der Waals surface area contributed by atoms with Crippen molar-refractivity contribution in [2.45, 2.75) is 6.92 Å². The summed E-state index contributed by atoms with van der Waals surface area (Å²) in [5.41, 5.74) is 0. The Hall–Kier alpha value is -0.760. The van der Waals surface area contributed by atoms with Crippen LogP contribution in [-0.2, 0) is 4.79 Å². The SMILES string of the molecule is CC=O.Clc1ccco1. The van der Waals surface area contributed by atoms with E-state index >= 15 is 0 Å². The van der Waals surface area contributed by atoms with Gasteiger partial charge in [0, 0.05) is 0 Å². The Kier molecular flexibility index (Phi) is 4.92. The maximum atomic E-state index is 8.81. The van der Waals surface area contributed by atoms with Gasteiger partial charge in [0.05, 0.1) is 6.26 Å². The standard InChI is InChI=1S/C4H3ClO.C2H4O/c5-4-2-1-3-6-4;1-2-3/h1-3H;2H,1H3. The van der Waals surface area contributed by atoms with Crippen molar-refractivity contribution in [1.82, 2.24) is 0 Å². The van der Waals surface area contributed by atoms with E-state index < -0.39 is 0 Å². The summed E-state index contributed by atoms with van der Waals surface area (Å²) in [6.07, 6.45) is 2.28.